The standard InChI is InChI=1S/C19H30/c1-5-14(3)15(4)7-8-16(6-2)11-19-13-17-9-10-18(19)12-17/h6,9-10,17-19H,5,7-8,11-13H2,1-4H3. The van der Waals surface area contributed by atoms with E-state index < -0.39 is 0 Å². The first-order chi connectivity index (χ1) is 9.13. The third kappa shape index (κ3) is 3.61. The lowest BCUT2D eigenvalue weighted by atomic mass is 9.85. The molecule has 1 fully saturated rings. The van der Waals surface area contributed by atoms with Gasteiger partial charge in [0.05, 0.1) is 0 Å². The van der Waals surface area contributed by atoms with Gasteiger partial charge in [-0.15, -0.1) is 0 Å². The number of allylic oxidation sites excluding steroid dienone is 6. The monoisotopic (exact) mass is 258 g/mol. The van der Waals surface area contributed by atoms with Crippen LogP contribution in [0.4, 0.5) is 0 Å². The molecule has 1 saturated carbocycles. The van der Waals surface area contributed by atoms with Gasteiger partial charge in [-0.3, -0.25) is 0 Å². The van der Waals surface area contributed by atoms with Gasteiger partial charge in [0, 0.05) is 0 Å². The van der Waals surface area contributed by atoms with E-state index in [9.17, 15) is 0 Å². The summed E-state index contributed by atoms with van der Waals surface area (Å²) in [6.45, 7) is 9.08. The fourth-order valence-corrected chi connectivity index (χ4v) is 3.69. The summed E-state index contributed by atoms with van der Waals surface area (Å²) in [6.07, 6.45) is 15.3. The predicted octanol–water partition coefficient (Wildman–Crippen LogP) is 6.06. The molecule has 3 unspecified atom stereocenters. The normalized spacial score (nSPS) is 30.9. The molecule has 0 aromatic carbocycles. The SMILES string of the molecule is CC=C(CCC(C)=C(C)CC)CC1CC2C=CC1C2. The minimum Gasteiger partial charge on any atom is -0.0884 e. The predicted molar refractivity (Wildman–Crippen MR) is 85.1 cm³/mol. The fraction of sp³-hybridized carbons (Fsp3) is 0.684. The van der Waals surface area contributed by atoms with Gasteiger partial charge in [-0.2, -0.15) is 0 Å². The molecule has 2 aliphatic carbocycles. The highest BCUT2D eigenvalue weighted by Crippen LogP contribution is 2.46. The van der Waals surface area contributed by atoms with Crippen LogP contribution in [0, 0.1) is 17.8 Å². The first-order valence-electron chi connectivity index (χ1n) is 8.11. The zero-order valence-corrected chi connectivity index (χ0v) is 13.2. The highest BCUT2D eigenvalue weighted by atomic mass is 14.4. The number of rotatable bonds is 6. The Kier molecular flexibility index (Phi) is 5.07. The Bertz CT molecular complexity index is 394. The summed E-state index contributed by atoms with van der Waals surface area (Å²) in [5.74, 6) is 2.75. The molecule has 2 bridgehead atoms. The fourth-order valence-electron chi connectivity index (χ4n) is 3.69. The molecule has 0 heterocycles. The average Bonchev–Trinajstić information content (AvgIpc) is 3.04. The summed E-state index contributed by atoms with van der Waals surface area (Å²) < 4.78 is 0. The zero-order valence-electron chi connectivity index (χ0n) is 13.2. The van der Waals surface area contributed by atoms with E-state index >= 15 is 0 Å². The number of hydrogen-bond donors (Lipinski definition) is 0. The Balaban J connectivity index is 1.83. The van der Waals surface area contributed by atoms with E-state index in [2.05, 4.69) is 45.9 Å². The molecule has 0 aliphatic heterocycles. The van der Waals surface area contributed by atoms with Crippen LogP contribution < -0.4 is 0 Å². The van der Waals surface area contributed by atoms with Gasteiger partial charge in [0.2, 0.25) is 0 Å². The Morgan fingerprint density at radius 3 is 2.42 bits per heavy atom. The van der Waals surface area contributed by atoms with E-state index in [-0.39, 0.29) is 0 Å². The molecule has 0 saturated heterocycles. The van der Waals surface area contributed by atoms with Crippen molar-refractivity contribution < 1.29 is 0 Å². The van der Waals surface area contributed by atoms with Gasteiger partial charge in [0.25, 0.3) is 0 Å². The van der Waals surface area contributed by atoms with Crippen LogP contribution in [0.5, 0.6) is 0 Å². The molecule has 106 valence electrons. The van der Waals surface area contributed by atoms with Crippen molar-refractivity contribution in [2.75, 3.05) is 0 Å². The van der Waals surface area contributed by atoms with Crippen LogP contribution in [-0.4, -0.2) is 0 Å². The number of fused-ring (bicyclic) bond motifs is 2. The maximum absolute atomic E-state index is 2.48. The first kappa shape index (κ1) is 14.6. The smallest absolute Gasteiger partial charge is 0.0196 e. The summed E-state index contributed by atoms with van der Waals surface area (Å²) in [5.41, 5.74) is 4.88. The molecular weight excluding hydrogens is 228 g/mol. The van der Waals surface area contributed by atoms with Crippen molar-refractivity contribution in [1.29, 1.82) is 0 Å². The molecule has 19 heavy (non-hydrogen) atoms. The van der Waals surface area contributed by atoms with Crippen molar-refractivity contribution in [2.45, 2.75) is 66.2 Å². The Morgan fingerprint density at radius 2 is 1.89 bits per heavy atom. The van der Waals surface area contributed by atoms with Crippen LogP contribution in [-0.2, 0) is 0 Å². The molecule has 0 heteroatoms. The molecular formula is C19H30. The Morgan fingerprint density at radius 1 is 1.11 bits per heavy atom. The Hall–Kier alpha value is -0.780. The molecule has 0 nitrogen and oxygen atoms in total. The van der Waals surface area contributed by atoms with Gasteiger partial charge >= 0.3 is 0 Å². The van der Waals surface area contributed by atoms with E-state index in [1.807, 2.05) is 0 Å². The third-order valence-corrected chi connectivity index (χ3v) is 5.43. The van der Waals surface area contributed by atoms with Crippen molar-refractivity contribution in [1.82, 2.24) is 0 Å². The largest absolute Gasteiger partial charge is 0.0884 e. The van der Waals surface area contributed by atoms with Crippen molar-refractivity contribution in [3.8, 4) is 0 Å². The Labute approximate surface area is 119 Å². The van der Waals surface area contributed by atoms with Crippen LogP contribution in [0.1, 0.15) is 66.2 Å². The van der Waals surface area contributed by atoms with E-state index in [1.165, 1.54) is 38.5 Å². The molecule has 0 N–H and O–H groups in total. The van der Waals surface area contributed by atoms with Gasteiger partial charge in [-0.1, -0.05) is 41.9 Å². The average molecular weight is 258 g/mol. The first-order valence-corrected chi connectivity index (χ1v) is 8.11. The van der Waals surface area contributed by atoms with E-state index in [0.717, 1.165) is 17.8 Å². The molecule has 3 atom stereocenters. The minimum absolute atomic E-state index is 0.897. The molecule has 2 aliphatic rings. The molecule has 0 spiro atoms. The van der Waals surface area contributed by atoms with Gasteiger partial charge in [-0.25, -0.2) is 0 Å². The summed E-state index contributed by atoms with van der Waals surface area (Å²) >= 11 is 0. The van der Waals surface area contributed by atoms with Crippen LogP contribution in [0.2, 0.25) is 0 Å². The minimum atomic E-state index is 0.897. The van der Waals surface area contributed by atoms with Crippen LogP contribution in [0.25, 0.3) is 0 Å². The lowest BCUT2D eigenvalue weighted by Gasteiger charge is -2.20. The second kappa shape index (κ2) is 6.59. The molecule has 0 radical (unpaired) electrons. The van der Waals surface area contributed by atoms with Crippen molar-refractivity contribution in [2.24, 2.45) is 17.8 Å². The summed E-state index contributed by atoms with van der Waals surface area (Å²) in [5, 5.41) is 0. The number of hydrogen-bond acceptors (Lipinski definition) is 0. The summed E-state index contributed by atoms with van der Waals surface area (Å²) in [6, 6.07) is 0. The second-order valence-corrected chi connectivity index (χ2v) is 6.61. The van der Waals surface area contributed by atoms with Gasteiger partial charge < -0.3 is 0 Å². The lowest BCUT2D eigenvalue weighted by Crippen LogP contribution is -2.08. The molecule has 2 rings (SSSR count). The second-order valence-electron chi connectivity index (χ2n) is 6.61. The molecule has 0 aromatic heterocycles. The van der Waals surface area contributed by atoms with Crippen LogP contribution in [0.3, 0.4) is 0 Å². The molecule has 0 amide bonds. The van der Waals surface area contributed by atoms with E-state index in [1.54, 1.807) is 16.7 Å². The van der Waals surface area contributed by atoms with Crippen molar-refractivity contribution in [3.63, 3.8) is 0 Å². The lowest BCUT2D eigenvalue weighted by molar-refractivity contribution is 0.438. The molecule has 0 aromatic rings. The highest BCUT2D eigenvalue weighted by molar-refractivity contribution is 5.16. The van der Waals surface area contributed by atoms with Crippen LogP contribution in [0.15, 0.2) is 34.9 Å². The quantitative estimate of drug-likeness (QED) is 0.508. The maximum Gasteiger partial charge on any atom is -0.0196 e. The van der Waals surface area contributed by atoms with Crippen LogP contribution >= 0.6 is 0 Å². The van der Waals surface area contributed by atoms with Gasteiger partial charge in [-0.05, 0) is 77.0 Å². The van der Waals surface area contributed by atoms with Gasteiger partial charge in [0.15, 0.2) is 0 Å². The maximum atomic E-state index is 2.48. The van der Waals surface area contributed by atoms with Gasteiger partial charge in [0.1, 0.15) is 0 Å². The third-order valence-electron chi connectivity index (χ3n) is 5.43. The van der Waals surface area contributed by atoms with Crippen molar-refractivity contribution >= 4 is 0 Å². The zero-order chi connectivity index (χ0) is 13.8. The highest BCUT2D eigenvalue weighted by Gasteiger charge is 2.35. The summed E-state index contributed by atoms with van der Waals surface area (Å²) in [7, 11) is 0. The van der Waals surface area contributed by atoms with E-state index in [0.29, 0.717) is 0 Å². The topological polar surface area (TPSA) is 0 Å². The van der Waals surface area contributed by atoms with E-state index in [4.69, 9.17) is 0 Å². The van der Waals surface area contributed by atoms with Crippen molar-refractivity contribution in [3.05, 3.63) is 34.9 Å². The summed E-state index contributed by atoms with van der Waals surface area (Å²) in [4.78, 5) is 0.